The van der Waals surface area contributed by atoms with Crippen LogP contribution >= 0.6 is 11.8 Å². The monoisotopic (exact) mass is 245 g/mol. The Hall–Kier alpha value is -0.610. The molecule has 0 saturated carbocycles. The van der Waals surface area contributed by atoms with E-state index in [0.717, 1.165) is 24.8 Å². The van der Waals surface area contributed by atoms with Crippen LogP contribution in [-0.2, 0) is 0 Å². The van der Waals surface area contributed by atoms with Gasteiger partial charge in [0.25, 0.3) is 0 Å². The van der Waals surface area contributed by atoms with Crippen molar-refractivity contribution in [2.45, 2.75) is 31.2 Å². The number of benzene rings is 1. The van der Waals surface area contributed by atoms with Crippen molar-refractivity contribution in [3.05, 3.63) is 29.8 Å². The van der Waals surface area contributed by atoms with Crippen molar-refractivity contribution >= 4 is 11.8 Å². The van der Waals surface area contributed by atoms with E-state index < -0.39 is 5.82 Å². The minimum Gasteiger partial charge on any atom is -0.313 e. The molecule has 1 aromatic rings. The molecule has 4 heteroatoms. The van der Waals surface area contributed by atoms with Crippen molar-refractivity contribution < 1.29 is 8.78 Å². The van der Waals surface area contributed by atoms with E-state index in [1.165, 1.54) is 23.9 Å². The van der Waals surface area contributed by atoms with Gasteiger partial charge in [-0.25, -0.2) is 8.78 Å². The lowest BCUT2D eigenvalue weighted by atomic mass is 10.3. The summed E-state index contributed by atoms with van der Waals surface area (Å²) >= 11 is 1.34. The van der Waals surface area contributed by atoms with E-state index in [-0.39, 0.29) is 5.82 Å². The maximum absolute atomic E-state index is 13.3. The minimum absolute atomic E-state index is 0.299. The fourth-order valence-corrected chi connectivity index (χ4v) is 2.20. The molecule has 0 saturated heterocycles. The summed E-state index contributed by atoms with van der Waals surface area (Å²) in [6.45, 7) is 5.09. The van der Waals surface area contributed by atoms with Crippen LogP contribution in [-0.4, -0.2) is 18.3 Å². The highest BCUT2D eigenvalue weighted by Gasteiger charge is 2.07. The third-order valence-corrected chi connectivity index (χ3v) is 3.42. The highest BCUT2D eigenvalue weighted by molar-refractivity contribution is 7.99. The minimum atomic E-state index is -0.391. The van der Waals surface area contributed by atoms with Gasteiger partial charge in [-0.15, -0.1) is 11.8 Å². The Balaban J connectivity index is 2.44. The van der Waals surface area contributed by atoms with Gasteiger partial charge in [-0.05, 0) is 38.1 Å². The summed E-state index contributed by atoms with van der Waals surface area (Å²) in [4.78, 5) is 0.380. The maximum Gasteiger partial charge on any atom is 0.136 e. The van der Waals surface area contributed by atoms with Gasteiger partial charge in [-0.3, -0.25) is 0 Å². The standard InChI is InChI=1S/C12H17F2NS/c1-3-6-15-9(2)8-16-12-7-10(13)4-5-11(12)14/h4-5,7,9,15H,3,6,8H2,1-2H3. The Labute approximate surface area is 99.6 Å². The van der Waals surface area contributed by atoms with E-state index in [4.69, 9.17) is 0 Å². The van der Waals surface area contributed by atoms with E-state index >= 15 is 0 Å². The van der Waals surface area contributed by atoms with Crippen LogP contribution in [0.5, 0.6) is 0 Å². The summed E-state index contributed by atoms with van der Waals surface area (Å²) in [5.41, 5.74) is 0. The average Bonchev–Trinajstić information content (AvgIpc) is 2.27. The number of rotatable bonds is 6. The van der Waals surface area contributed by atoms with Gasteiger partial charge in [0.2, 0.25) is 0 Å². The van der Waals surface area contributed by atoms with Crippen LogP contribution in [0.4, 0.5) is 8.78 Å². The van der Waals surface area contributed by atoms with E-state index in [0.29, 0.717) is 10.9 Å². The van der Waals surface area contributed by atoms with Gasteiger partial charge in [-0.1, -0.05) is 6.92 Å². The predicted octanol–water partition coefficient (Wildman–Crippen LogP) is 3.45. The summed E-state index contributed by atoms with van der Waals surface area (Å²) in [5, 5.41) is 3.30. The molecule has 1 unspecified atom stereocenters. The van der Waals surface area contributed by atoms with Gasteiger partial charge in [0, 0.05) is 16.7 Å². The molecule has 90 valence electrons. The first-order chi connectivity index (χ1) is 7.63. The smallest absolute Gasteiger partial charge is 0.136 e. The highest BCUT2D eigenvalue weighted by Crippen LogP contribution is 2.23. The van der Waals surface area contributed by atoms with Crippen LogP contribution in [0.25, 0.3) is 0 Å². The van der Waals surface area contributed by atoms with Crippen LogP contribution in [0.2, 0.25) is 0 Å². The predicted molar refractivity (Wildman–Crippen MR) is 64.8 cm³/mol. The molecule has 0 aromatic heterocycles. The summed E-state index contributed by atoms with van der Waals surface area (Å²) in [7, 11) is 0. The third kappa shape index (κ3) is 4.49. The van der Waals surface area contributed by atoms with E-state index in [9.17, 15) is 8.78 Å². The van der Waals surface area contributed by atoms with Crippen molar-refractivity contribution in [3.63, 3.8) is 0 Å². The second-order valence-corrected chi connectivity index (χ2v) is 4.80. The molecule has 1 N–H and O–H groups in total. The fourth-order valence-electron chi connectivity index (χ4n) is 1.25. The zero-order valence-corrected chi connectivity index (χ0v) is 10.4. The molecular formula is C12H17F2NS. The maximum atomic E-state index is 13.3. The van der Waals surface area contributed by atoms with Gasteiger partial charge < -0.3 is 5.32 Å². The first kappa shape index (κ1) is 13.5. The normalized spacial score (nSPS) is 12.8. The number of thioether (sulfide) groups is 1. The number of hydrogen-bond acceptors (Lipinski definition) is 2. The van der Waals surface area contributed by atoms with Crippen LogP contribution in [0.3, 0.4) is 0 Å². The van der Waals surface area contributed by atoms with Gasteiger partial charge in [0.15, 0.2) is 0 Å². The van der Waals surface area contributed by atoms with Crippen molar-refractivity contribution in [3.8, 4) is 0 Å². The average molecular weight is 245 g/mol. The lowest BCUT2D eigenvalue weighted by Crippen LogP contribution is -2.28. The van der Waals surface area contributed by atoms with Gasteiger partial charge >= 0.3 is 0 Å². The van der Waals surface area contributed by atoms with Crippen LogP contribution < -0.4 is 5.32 Å². The van der Waals surface area contributed by atoms with Gasteiger partial charge in [-0.2, -0.15) is 0 Å². The Kier molecular flexibility index (Phi) is 5.77. The number of hydrogen-bond donors (Lipinski definition) is 1. The molecule has 1 aromatic carbocycles. The Morgan fingerprint density at radius 1 is 1.38 bits per heavy atom. The van der Waals surface area contributed by atoms with Crippen molar-refractivity contribution in [2.24, 2.45) is 0 Å². The number of nitrogens with one attached hydrogen (secondary N) is 1. The second kappa shape index (κ2) is 6.86. The van der Waals surface area contributed by atoms with E-state index in [1.54, 1.807) is 0 Å². The lowest BCUT2D eigenvalue weighted by Gasteiger charge is -2.12. The van der Waals surface area contributed by atoms with Gasteiger partial charge in [0.1, 0.15) is 11.6 Å². The largest absolute Gasteiger partial charge is 0.313 e. The Morgan fingerprint density at radius 2 is 2.12 bits per heavy atom. The van der Waals surface area contributed by atoms with E-state index in [1.807, 2.05) is 6.92 Å². The lowest BCUT2D eigenvalue weighted by molar-refractivity contribution is 0.574. The molecule has 1 nitrogen and oxygen atoms in total. The Bertz CT molecular complexity index is 331. The zero-order chi connectivity index (χ0) is 12.0. The molecule has 0 radical (unpaired) electrons. The fraction of sp³-hybridized carbons (Fsp3) is 0.500. The van der Waals surface area contributed by atoms with Crippen LogP contribution in [0, 0.1) is 11.6 Å². The highest BCUT2D eigenvalue weighted by atomic mass is 32.2. The molecule has 0 bridgehead atoms. The molecule has 16 heavy (non-hydrogen) atoms. The molecule has 0 amide bonds. The molecule has 0 aliphatic carbocycles. The summed E-state index contributed by atoms with van der Waals surface area (Å²) in [6, 6.07) is 3.85. The molecular weight excluding hydrogens is 228 g/mol. The van der Waals surface area contributed by atoms with Crippen molar-refractivity contribution in [1.82, 2.24) is 5.32 Å². The molecule has 1 rings (SSSR count). The molecule has 0 fully saturated rings. The molecule has 0 heterocycles. The van der Waals surface area contributed by atoms with Crippen molar-refractivity contribution in [1.29, 1.82) is 0 Å². The first-order valence-corrected chi connectivity index (χ1v) is 6.43. The van der Waals surface area contributed by atoms with E-state index in [2.05, 4.69) is 12.2 Å². The quantitative estimate of drug-likeness (QED) is 0.770. The van der Waals surface area contributed by atoms with Crippen LogP contribution in [0.1, 0.15) is 20.3 Å². The molecule has 0 aliphatic rings. The molecule has 1 atom stereocenters. The second-order valence-electron chi connectivity index (χ2n) is 3.74. The summed E-state index contributed by atoms with van der Waals surface area (Å²) in [5.74, 6) is -0.00689. The first-order valence-electron chi connectivity index (χ1n) is 5.44. The van der Waals surface area contributed by atoms with Crippen molar-refractivity contribution in [2.75, 3.05) is 12.3 Å². The summed E-state index contributed by atoms with van der Waals surface area (Å²) in [6.07, 6.45) is 1.07. The third-order valence-electron chi connectivity index (χ3n) is 2.12. The topological polar surface area (TPSA) is 12.0 Å². The van der Waals surface area contributed by atoms with Crippen LogP contribution in [0.15, 0.2) is 23.1 Å². The summed E-state index contributed by atoms with van der Waals surface area (Å²) < 4.78 is 26.1. The Morgan fingerprint density at radius 3 is 2.81 bits per heavy atom. The SMILES string of the molecule is CCCNC(C)CSc1cc(F)ccc1F. The molecule has 0 aliphatic heterocycles. The molecule has 0 spiro atoms. The number of halogens is 2. The van der Waals surface area contributed by atoms with Gasteiger partial charge in [0.05, 0.1) is 0 Å². The zero-order valence-electron chi connectivity index (χ0n) is 9.59.